The summed E-state index contributed by atoms with van der Waals surface area (Å²) in [5.41, 5.74) is -0.268. The second-order valence-corrected chi connectivity index (χ2v) is 5.17. The Labute approximate surface area is 93.5 Å². The molecule has 15 heavy (non-hydrogen) atoms. The number of nitriles is 1. The third-order valence-corrected chi connectivity index (χ3v) is 3.46. The van der Waals surface area contributed by atoms with Crippen molar-refractivity contribution in [3.05, 3.63) is 0 Å². The Balaban J connectivity index is 2.52. The van der Waals surface area contributed by atoms with Crippen LogP contribution in [-0.2, 0) is 0 Å². The zero-order chi connectivity index (χ0) is 11.5. The minimum Gasteiger partial charge on any atom is -0.303 e. The van der Waals surface area contributed by atoms with Crippen LogP contribution < -0.4 is 5.32 Å². The van der Waals surface area contributed by atoms with Crippen LogP contribution in [0.3, 0.4) is 0 Å². The maximum Gasteiger partial charge on any atom is 0.108 e. The van der Waals surface area contributed by atoms with Gasteiger partial charge in [0, 0.05) is 12.6 Å². The fraction of sp³-hybridized carbons (Fsp3) is 0.917. The summed E-state index contributed by atoms with van der Waals surface area (Å²) in [5.74, 6) is 0.696. The zero-order valence-corrected chi connectivity index (χ0v) is 10.4. The maximum absolute atomic E-state index is 9.17. The number of nitrogens with zero attached hydrogens (tertiary/aromatic N) is 2. The van der Waals surface area contributed by atoms with Gasteiger partial charge in [-0.05, 0) is 39.3 Å². The summed E-state index contributed by atoms with van der Waals surface area (Å²) >= 11 is 0. The van der Waals surface area contributed by atoms with Crippen LogP contribution in [0, 0.1) is 17.2 Å². The highest BCUT2D eigenvalue weighted by Crippen LogP contribution is 2.32. The molecule has 0 spiro atoms. The van der Waals surface area contributed by atoms with Gasteiger partial charge in [-0.25, -0.2) is 0 Å². The van der Waals surface area contributed by atoms with Crippen LogP contribution in [0.25, 0.3) is 0 Å². The Morgan fingerprint density at radius 1 is 1.60 bits per heavy atom. The molecule has 2 unspecified atom stereocenters. The zero-order valence-electron chi connectivity index (χ0n) is 10.4. The van der Waals surface area contributed by atoms with Crippen LogP contribution in [0.5, 0.6) is 0 Å². The number of hydrogen-bond donors (Lipinski definition) is 1. The first kappa shape index (κ1) is 12.5. The molecule has 0 heterocycles. The Morgan fingerprint density at radius 2 is 2.27 bits per heavy atom. The van der Waals surface area contributed by atoms with E-state index >= 15 is 0 Å². The standard InChI is InChI=1S/C12H23N3/c1-10(2)8-15(4)11-5-6-12(7-11,9-13)14-3/h10-11,14H,5-8H2,1-4H3. The number of nitrogens with one attached hydrogen (secondary N) is 1. The summed E-state index contributed by atoms with van der Waals surface area (Å²) in [6.45, 7) is 5.60. The molecule has 1 rings (SSSR count). The Bertz CT molecular complexity index is 244. The van der Waals surface area contributed by atoms with E-state index in [1.165, 1.54) is 0 Å². The molecule has 0 bridgehead atoms. The van der Waals surface area contributed by atoms with Crippen molar-refractivity contribution in [3.8, 4) is 6.07 Å². The van der Waals surface area contributed by atoms with E-state index in [9.17, 15) is 0 Å². The van der Waals surface area contributed by atoms with Crippen molar-refractivity contribution >= 4 is 0 Å². The second kappa shape index (κ2) is 4.96. The second-order valence-electron chi connectivity index (χ2n) is 5.17. The molecule has 0 aliphatic heterocycles. The van der Waals surface area contributed by atoms with Crippen LogP contribution in [0.4, 0.5) is 0 Å². The van der Waals surface area contributed by atoms with Crippen molar-refractivity contribution in [1.82, 2.24) is 10.2 Å². The van der Waals surface area contributed by atoms with Crippen molar-refractivity contribution in [2.45, 2.75) is 44.7 Å². The molecule has 0 aromatic rings. The first-order valence-corrected chi connectivity index (χ1v) is 5.83. The summed E-state index contributed by atoms with van der Waals surface area (Å²) in [7, 11) is 4.07. The molecule has 0 radical (unpaired) electrons. The monoisotopic (exact) mass is 209 g/mol. The van der Waals surface area contributed by atoms with Crippen LogP contribution in [0.1, 0.15) is 33.1 Å². The molecule has 3 heteroatoms. The predicted molar refractivity (Wildman–Crippen MR) is 62.5 cm³/mol. The van der Waals surface area contributed by atoms with E-state index in [4.69, 9.17) is 5.26 Å². The molecular formula is C12H23N3. The third kappa shape index (κ3) is 2.93. The summed E-state index contributed by atoms with van der Waals surface area (Å²) < 4.78 is 0. The van der Waals surface area contributed by atoms with Gasteiger partial charge in [0.15, 0.2) is 0 Å². The van der Waals surface area contributed by atoms with E-state index in [1.807, 2.05) is 7.05 Å². The summed E-state index contributed by atoms with van der Waals surface area (Å²) in [4.78, 5) is 2.40. The molecule has 1 aliphatic rings. The first-order chi connectivity index (χ1) is 7.03. The lowest BCUT2D eigenvalue weighted by Gasteiger charge is -2.27. The van der Waals surface area contributed by atoms with E-state index in [0.717, 1.165) is 25.8 Å². The van der Waals surface area contributed by atoms with Gasteiger partial charge in [0.25, 0.3) is 0 Å². The molecule has 0 aromatic carbocycles. The molecule has 3 nitrogen and oxygen atoms in total. The van der Waals surface area contributed by atoms with Gasteiger partial charge in [-0.2, -0.15) is 5.26 Å². The van der Waals surface area contributed by atoms with E-state index in [2.05, 4.69) is 37.2 Å². The summed E-state index contributed by atoms with van der Waals surface area (Å²) in [6.07, 6.45) is 3.08. The van der Waals surface area contributed by atoms with E-state index in [0.29, 0.717) is 12.0 Å². The summed E-state index contributed by atoms with van der Waals surface area (Å²) in [6, 6.07) is 3.00. The molecular weight excluding hydrogens is 186 g/mol. The van der Waals surface area contributed by atoms with Crippen molar-refractivity contribution in [3.63, 3.8) is 0 Å². The predicted octanol–water partition coefficient (Wildman–Crippen LogP) is 1.61. The Kier molecular flexibility index (Phi) is 4.12. The highest BCUT2D eigenvalue weighted by molar-refractivity contribution is 5.12. The van der Waals surface area contributed by atoms with Gasteiger partial charge in [0.05, 0.1) is 6.07 Å². The Hall–Kier alpha value is -0.590. The van der Waals surface area contributed by atoms with Gasteiger partial charge in [0.2, 0.25) is 0 Å². The molecule has 1 N–H and O–H groups in total. The molecule has 0 amide bonds. The van der Waals surface area contributed by atoms with Gasteiger partial charge in [-0.1, -0.05) is 13.8 Å². The molecule has 1 fully saturated rings. The van der Waals surface area contributed by atoms with E-state index in [-0.39, 0.29) is 5.54 Å². The highest BCUT2D eigenvalue weighted by atomic mass is 15.1. The quantitative estimate of drug-likeness (QED) is 0.764. The Morgan fingerprint density at radius 3 is 2.67 bits per heavy atom. The highest BCUT2D eigenvalue weighted by Gasteiger charge is 2.39. The molecule has 0 aromatic heterocycles. The van der Waals surface area contributed by atoms with Crippen LogP contribution in [0.2, 0.25) is 0 Å². The van der Waals surface area contributed by atoms with Crippen molar-refractivity contribution < 1.29 is 0 Å². The number of rotatable bonds is 4. The SMILES string of the molecule is CNC1(C#N)CCC(N(C)CC(C)C)C1. The minimum absolute atomic E-state index is 0.268. The van der Waals surface area contributed by atoms with Crippen molar-refractivity contribution in [1.29, 1.82) is 5.26 Å². The van der Waals surface area contributed by atoms with Gasteiger partial charge < -0.3 is 10.2 Å². The lowest BCUT2D eigenvalue weighted by molar-refractivity contribution is 0.213. The third-order valence-electron chi connectivity index (χ3n) is 3.46. The fourth-order valence-electron chi connectivity index (χ4n) is 2.51. The molecule has 1 saturated carbocycles. The first-order valence-electron chi connectivity index (χ1n) is 5.83. The van der Waals surface area contributed by atoms with Gasteiger partial charge >= 0.3 is 0 Å². The average molecular weight is 209 g/mol. The van der Waals surface area contributed by atoms with Gasteiger partial charge in [-0.3, -0.25) is 0 Å². The fourth-order valence-corrected chi connectivity index (χ4v) is 2.51. The topological polar surface area (TPSA) is 39.1 Å². The molecule has 1 aliphatic carbocycles. The lowest BCUT2D eigenvalue weighted by Crippen LogP contribution is -2.41. The number of hydrogen-bond acceptors (Lipinski definition) is 3. The summed E-state index contributed by atoms with van der Waals surface area (Å²) in [5, 5.41) is 12.3. The molecule has 0 saturated heterocycles. The lowest BCUT2D eigenvalue weighted by atomic mass is 10.00. The maximum atomic E-state index is 9.17. The largest absolute Gasteiger partial charge is 0.303 e. The van der Waals surface area contributed by atoms with Crippen LogP contribution in [0.15, 0.2) is 0 Å². The minimum atomic E-state index is -0.268. The molecule has 86 valence electrons. The van der Waals surface area contributed by atoms with Gasteiger partial charge in [-0.15, -0.1) is 0 Å². The van der Waals surface area contributed by atoms with Gasteiger partial charge in [0.1, 0.15) is 5.54 Å². The van der Waals surface area contributed by atoms with E-state index < -0.39 is 0 Å². The normalized spacial score (nSPS) is 31.1. The van der Waals surface area contributed by atoms with E-state index in [1.54, 1.807) is 0 Å². The average Bonchev–Trinajstić information content (AvgIpc) is 2.62. The van der Waals surface area contributed by atoms with Crippen LogP contribution >= 0.6 is 0 Å². The molecule has 2 atom stereocenters. The van der Waals surface area contributed by atoms with Crippen molar-refractivity contribution in [2.75, 3.05) is 20.6 Å². The van der Waals surface area contributed by atoms with Crippen molar-refractivity contribution in [2.24, 2.45) is 5.92 Å². The van der Waals surface area contributed by atoms with Crippen LogP contribution in [-0.4, -0.2) is 37.1 Å². The smallest absolute Gasteiger partial charge is 0.108 e.